The summed E-state index contributed by atoms with van der Waals surface area (Å²) in [6.45, 7) is 1.82. The maximum absolute atomic E-state index is 12.3. The Balaban J connectivity index is 2.09. The van der Waals surface area contributed by atoms with E-state index in [1.165, 1.54) is 7.11 Å². The number of carbonyl (C=O) groups is 2. The molecule has 2 aromatic carbocycles. The van der Waals surface area contributed by atoms with Gasteiger partial charge in [-0.2, -0.15) is 0 Å². The molecular formula is C19H21NO3. The zero-order valence-electron chi connectivity index (χ0n) is 13.4. The SMILES string of the molecule is COC(=O)[C@H](Cc1ccccc1)[C@@H](C)NC(=O)c1ccccc1. The molecule has 120 valence electrons. The maximum atomic E-state index is 12.3. The van der Waals surface area contributed by atoms with Gasteiger partial charge in [0.1, 0.15) is 0 Å². The number of esters is 1. The van der Waals surface area contributed by atoms with E-state index >= 15 is 0 Å². The number of rotatable bonds is 6. The van der Waals surface area contributed by atoms with E-state index in [2.05, 4.69) is 5.32 Å². The van der Waals surface area contributed by atoms with Crippen LogP contribution in [-0.4, -0.2) is 25.0 Å². The molecule has 0 aromatic heterocycles. The summed E-state index contributed by atoms with van der Waals surface area (Å²) in [6, 6.07) is 18.3. The molecule has 0 unspecified atom stereocenters. The van der Waals surface area contributed by atoms with Crippen LogP contribution in [0.25, 0.3) is 0 Å². The highest BCUT2D eigenvalue weighted by molar-refractivity contribution is 5.94. The predicted octanol–water partition coefficient (Wildman–Crippen LogP) is 2.84. The normalized spacial score (nSPS) is 13.0. The summed E-state index contributed by atoms with van der Waals surface area (Å²) in [4.78, 5) is 24.4. The van der Waals surface area contributed by atoms with Gasteiger partial charge in [-0.15, -0.1) is 0 Å². The first-order valence-electron chi connectivity index (χ1n) is 7.59. The molecule has 0 aliphatic rings. The minimum Gasteiger partial charge on any atom is -0.469 e. The zero-order valence-corrected chi connectivity index (χ0v) is 13.4. The fourth-order valence-electron chi connectivity index (χ4n) is 2.46. The van der Waals surface area contributed by atoms with E-state index in [0.717, 1.165) is 5.56 Å². The molecule has 0 radical (unpaired) electrons. The predicted molar refractivity (Wildman–Crippen MR) is 89.0 cm³/mol. The van der Waals surface area contributed by atoms with Gasteiger partial charge in [-0.1, -0.05) is 48.5 Å². The molecule has 4 heteroatoms. The second-order valence-electron chi connectivity index (χ2n) is 5.45. The van der Waals surface area contributed by atoms with E-state index in [4.69, 9.17) is 4.74 Å². The smallest absolute Gasteiger partial charge is 0.311 e. The number of nitrogens with one attached hydrogen (secondary N) is 1. The van der Waals surface area contributed by atoms with Gasteiger partial charge < -0.3 is 10.1 Å². The van der Waals surface area contributed by atoms with Gasteiger partial charge >= 0.3 is 5.97 Å². The van der Waals surface area contributed by atoms with E-state index in [0.29, 0.717) is 12.0 Å². The van der Waals surface area contributed by atoms with Crippen molar-refractivity contribution >= 4 is 11.9 Å². The number of benzene rings is 2. The van der Waals surface area contributed by atoms with Crippen LogP contribution in [0.4, 0.5) is 0 Å². The van der Waals surface area contributed by atoms with Crippen molar-refractivity contribution in [1.82, 2.24) is 5.32 Å². The van der Waals surface area contributed by atoms with Gasteiger partial charge in [-0.3, -0.25) is 9.59 Å². The second-order valence-corrected chi connectivity index (χ2v) is 5.45. The van der Waals surface area contributed by atoms with Crippen LogP contribution >= 0.6 is 0 Å². The van der Waals surface area contributed by atoms with Gasteiger partial charge in [-0.05, 0) is 31.0 Å². The Kier molecular flexibility index (Phi) is 5.92. The van der Waals surface area contributed by atoms with Gasteiger partial charge in [0.25, 0.3) is 5.91 Å². The molecule has 0 fully saturated rings. The molecule has 4 nitrogen and oxygen atoms in total. The molecule has 2 aromatic rings. The lowest BCUT2D eigenvalue weighted by molar-refractivity contribution is -0.146. The molecule has 1 N–H and O–H groups in total. The Morgan fingerprint density at radius 2 is 1.57 bits per heavy atom. The lowest BCUT2D eigenvalue weighted by Crippen LogP contribution is -2.42. The number of ether oxygens (including phenoxy) is 1. The number of carbonyl (C=O) groups excluding carboxylic acids is 2. The summed E-state index contributed by atoms with van der Waals surface area (Å²) < 4.78 is 4.90. The molecule has 23 heavy (non-hydrogen) atoms. The largest absolute Gasteiger partial charge is 0.469 e. The van der Waals surface area contributed by atoms with Crippen LogP contribution in [0, 0.1) is 5.92 Å². The molecule has 0 saturated heterocycles. The van der Waals surface area contributed by atoms with E-state index in [9.17, 15) is 9.59 Å². The summed E-state index contributed by atoms with van der Waals surface area (Å²) in [5.41, 5.74) is 1.60. The van der Waals surface area contributed by atoms with E-state index < -0.39 is 5.92 Å². The van der Waals surface area contributed by atoms with Crippen molar-refractivity contribution in [2.24, 2.45) is 5.92 Å². The Labute approximate surface area is 136 Å². The van der Waals surface area contributed by atoms with Gasteiger partial charge in [0.2, 0.25) is 0 Å². The first-order valence-corrected chi connectivity index (χ1v) is 7.59. The topological polar surface area (TPSA) is 55.4 Å². The molecule has 2 atom stereocenters. The van der Waals surface area contributed by atoms with Crippen LogP contribution in [0.5, 0.6) is 0 Å². The fourth-order valence-corrected chi connectivity index (χ4v) is 2.46. The molecule has 2 rings (SSSR count). The number of amides is 1. The Morgan fingerprint density at radius 1 is 1.00 bits per heavy atom. The van der Waals surface area contributed by atoms with Crippen molar-refractivity contribution in [3.63, 3.8) is 0 Å². The second kappa shape index (κ2) is 8.13. The van der Waals surface area contributed by atoms with Crippen molar-refractivity contribution in [3.05, 3.63) is 71.8 Å². The van der Waals surface area contributed by atoms with Crippen molar-refractivity contribution in [3.8, 4) is 0 Å². The first-order chi connectivity index (χ1) is 11.1. The lowest BCUT2D eigenvalue weighted by atomic mass is 9.93. The highest BCUT2D eigenvalue weighted by atomic mass is 16.5. The summed E-state index contributed by atoms with van der Waals surface area (Å²) in [5.74, 6) is -0.954. The van der Waals surface area contributed by atoms with Crippen LogP contribution in [0.1, 0.15) is 22.8 Å². The molecule has 0 bridgehead atoms. The highest BCUT2D eigenvalue weighted by Gasteiger charge is 2.27. The van der Waals surface area contributed by atoms with Gasteiger partial charge in [0.05, 0.1) is 13.0 Å². The monoisotopic (exact) mass is 311 g/mol. The molecule has 0 heterocycles. The third-order valence-electron chi connectivity index (χ3n) is 3.80. The number of hydrogen-bond donors (Lipinski definition) is 1. The standard InChI is InChI=1S/C19H21NO3/c1-14(20-18(21)16-11-7-4-8-12-16)17(19(22)23-2)13-15-9-5-3-6-10-15/h3-12,14,17H,13H2,1-2H3,(H,20,21)/t14-,17-/m1/s1. The molecule has 0 spiro atoms. The summed E-state index contributed by atoms with van der Waals surface area (Å²) >= 11 is 0. The summed E-state index contributed by atoms with van der Waals surface area (Å²) in [6.07, 6.45) is 0.518. The minimum absolute atomic E-state index is 0.194. The Morgan fingerprint density at radius 3 is 2.13 bits per heavy atom. The third-order valence-corrected chi connectivity index (χ3v) is 3.80. The van der Waals surface area contributed by atoms with Crippen LogP contribution in [0.2, 0.25) is 0 Å². The fraction of sp³-hybridized carbons (Fsp3) is 0.263. The van der Waals surface area contributed by atoms with E-state index in [-0.39, 0.29) is 17.9 Å². The Bertz CT molecular complexity index is 640. The average molecular weight is 311 g/mol. The lowest BCUT2D eigenvalue weighted by Gasteiger charge is -2.23. The molecule has 0 saturated carbocycles. The third kappa shape index (κ3) is 4.68. The van der Waals surface area contributed by atoms with Gasteiger partial charge in [0.15, 0.2) is 0 Å². The molecular weight excluding hydrogens is 290 g/mol. The first kappa shape index (κ1) is 16.7. The summed E-state index contributed by atoms with van der Waals surface area (Å²) in [5, 5.41) is 2.89. The molecule has 0 aliphatic heterocycles. The highest BCUT2D eigenvalue weighted by Crippen LogP contribution is 2.15. The maximum Gasteiger partial charge on any atom is 0.311 e. The summed E-state index contributed by atoms with van der Waals surface area (Å²) in [7, 11) is 1.37. The Hall–Kier alpha value is -2.62. The van der Waals surface area contributed by atoms with E-state index in [1.54, 1.807) is 24.3 Å². The molecule has 1 amide bonds. The van der Waals surface area contributed by atoms with Crippen molar-refractivity contribution in [2.45, 2.75) is 19.4 Å². The van der Waals surface area contributed by atoms with Crippen LogP contribution in [-0.2, 0) is 16.0 Å². The average Bonchev–Trinajstić information content (AvgIpc) is 2.60. The number of methoxy groups -OCH3 is 1. The van der Waals surface area contributed by atoms with Crippen molar-refractivity contribution < 1.29 is 14.3 Å². The van der Waals surface area contributed by atoms with Crippen molar-refractivity contribution in [2.75, 3.05) is 7.11 Å². The molecule has 0 aliphatic carbocycles. The van der Waals surface area contributed by atoms with Gasteiger partial charge in [-0.25, -0.2) is 0 Å². The van der Waals surface area contributed by atoms with Crippen LogP contribution in [0.3, 0.4) is 0 Å². The van der Waals surface area contributed by atoms with Crippen molar-refractivity contribution in [1.29, 1.82) is 0 Å². The minimum atomic E-state index is -0.435. The zero-order chi connectivity index (χ0) is 16.7. The van der Waals surface area contributed by atoms with Gasteiger partial charge in [0, 0.05) is 11.6 Å². The van der Waals surface area contributed by atoms with E-state index in [1.807, 2.05) is 43.3 Å². The van der Waals surface area contributed by atoms with Crippen LogP contribution in [0.15, 0.2) is 60.7 Å². The van der Waals surface area contributed by atoms with Crippen LogP contribution < -0.4 is 5.32 Å². The quantitative estimate of drug-likeness (QED) is 0.835. The number of hydrogen-bond acceptors (Lipinski definition) is 3.